The van der Waals surface area contributed by atoms with Crippen LogP contribution in [0.2, 0.25) is 0 Å². The van der Waals surface area contributed by atoms with Crippen LogP contribution in [-0.2, 0) is 13.1 Å². The number of ether oxygens (including phenoxy) is 1. The van der Waals surface area contributed by atoms with E-state index in [4.69, 9.17) is 4.74 Å². The third kappa shape index (κ3) is 4.21. The van der Waals surface area contributed by atoms with E-state index in [2.05, 4.69) is 15.3 Å². The molecule has 1 saturated heterocycles. The summed E-state index contributed by atoms with van der Waals surface area (Å²) in [6.07, 6.45) is 2.42. The molecule has 0 radical (unpaired) electrons. The van der Waals surface area contributed by atoms with Gasteiger partial charge in [-0.25, -0.2) is 4.68 Å². The topological polar surface area (TPSA) is 76.5 Å². The second-order valence-electron chi connectivity index (χ2n) is 7.45. The van der Waals surface area contributed by atoms with E-state index < -0.39 is 0 Å². The van der Waals surface area contributed by atoms with Crippen molar-refractivity contribution in [3.05, 3.63) is 70.1 Å². The third-order valence-corrected chi connectivity index (χ3v) is 5.54. The van der Waals surface area contributed by atoms with Gasteiger partial charge in [-0.05, 0) is 44.1 Å². The minimum atomic E-state index is -0.242. The largest absolute Gasteiger partial charge is 0.496 e. The second kappa shape index (κ2) is 9.09. The molecule has 7 heteroatoms. The zero-order chi connectivity index (χ0) is 20.9. The molecular formula is C23H26N4O3. The number of nitrogens with one attached hydrogen (secondary N) is 1. The normalized spacial score (nSPS) is 14.2. The maximum Gasteiger partial charge on any atom is 0.274 e. The van der Waals surface area contributed by atoms with Crippen LogP contribution >= 0.6 is 0 Å². The van der Waals surface area contributed by atoms with Crippen LogP contribution in [0.4, 0.5) is 0 Å². The first kappa shape index (κ1) is 20.1. The van der Waals surface area contributed by atoms with Crippen molar-refractivity contribution >= 4 is 16.7 Å². The number of methoxy groups -OCH3 is 1. The van der Waals surface area contributed by atoms with Crippen molar-refractivity contribution in [3.8, 4) is 5.75 Å². The van der Waals surface area contributed by atoms with Crippen LogP contribution in [0.5, 0.6) is 5.75 Å². The molecule has 2 heterocycles. The zero-order valence-electron chi connectivity index (χ0n) is 17.1. The van der Waals surface area contributed by atoms with E-state index in [1.165, 1.54) is 24.6 Å². The fraction of sp³-hybridized carbons (Fsp3) is 0.348. The van der Waals surface area contributed by atoms with E-state index in [0.717, 1.165) is 25.0 Å². The highest BCUT2D eigenvalue weighted by molar-refractivity contribution is 5.97. The summed E-state index contributed by atoms with van der Waals surface area (Å²) in [5.41, 5.74) is 1.05. The number of rotatable bonds is 7. The minimum Gasteiger partial charge on any atom is -0.496 e. The average molecular weight is 406 g/mol. The number of carbonyl (C=O) groups is 1. The summed E-state index contributed by atoms with van der Waals surface area (Å²) in [6.45, 7) is 3.71. The molecule has 0 spiro atoms. The Hall–Kier alpha value is -3.19. The molecule has 1 fully saturated rings. The fourth-order valence-electron chi connectivity index (χ4n) is 3.92. The zero-order valence-corrected chi connectivity index (χ0v) is 17.1. The highest BCUT2D eigenvalue weighted by Crippen LogP contribution is 2.18. The van der Waals surface area contributed by atoms with Gasteiger partial charge in [0, 0.05) is 11.9 Å². The van der Waals surface area contributed by atoms with Crippen LogP contribution in [0.3, 0.4) is 0 Å². The number of nitrogens with zero attached hydrogens (tertiary/aromatic N) is 3. The molecule has 0 unspecified atom stereocenters. The maximum atomic E-state index is 12.9. The van der Waals surface area contributed by atoms with Gasteiger partial charge in [-0.1, -0.05) is 30.3 Å². The van der Waals surface area contributed by atoms with E-state index in [9.17, 15) is 9.59 Å². The van der Waals surface area contributed by atoms with Crippen molar-refractivity contribution in [2.45, 2.75) is 25.9 Å². The molecule has 0 aliphatic carbocycles. The van der Waals surface area contributed by atoms with Gasteiger partial charge in [-0.15, -0.1) is 0 Å². The first-order valence-electron chi connectivity index (χ1n) is 10.3. The van der Waals surface area contributed by atoms with E-state index in [-0.39, 0.29) is 18.0 Å². The molecule has 1 aliphatic heterocycles. The Morgan fingerprint density at radius 1 is 1.03 bits per heavy atom. The van der Waals surface area contributed by atoms with Crippen LogP contribution in [0.1, 0.15) is 28.9 Å². The van der Waals surface area contributed by atoms with Crippen LogP contribution in [-0.4, -0.2) is 47.3 Å². The number of amides is 1. The molecular weight excluding hydrogens is 380 g/mol. The number of likely N-dealkylation sites (tertiary alicyclic amines) is 1. The van der Waals surface area contributed by atoms with E-state index >= 15 is 0 Å². The van der Waals surface area contributed by atoms with Gasteiger partial charge in [0.1, 0.15) is 5.75 Å². The predicted molar refractivity (Wildman–Crippen MR) is 116 cm³/mol. The van der Waals surface area contributed by atoms with E-state index in [1.54, 1.807) is 18.2 Å². The Labute approximate surface area is 175 Å². The SMILES string of the molecule is COc1ccccc1C(=O)NCc1nn(CCN2CCCC2)c(=O)c2ccccc12. The standard InChI is InChI=1S/C23H26N4O3/c1-30-21-11-5-4-10-19(21)22(28)24-16-20-17-8-2-3-9-18(17)23(29)27(25-20)15-14-26-12-6-7-13-26/h2-5,8-11H,6-7,12-16H2,1H3,(H,24,28). The smallest absolute Gasteiger partial charge is 0.274 e. The summed E-state index contributed by atoms with van der Waals surface area (Å²) in [5.74, 6) is 0.275. The predicted octanol–water partition coefficient (Wildman–Crippen LogP) is 2.43. The van der Waals surface area contributed by atoms with Gasteiger partial charge in [0.25, 0.3) is 11.5 Å². The lowest BCUT2D eigenvalue weighted by Crippen LogP contribution is -2.32. The number of hydrogen-bond acceptors (Lipinski definition) is 5. The summed E-state index contributed by atoms with van der Waals surface area (Å²) in [5, 5.41) is 8.90. The molecule has 1 N–H and O–H groups in total. The maximum absolute atomic E-state index is 12.9. The van der Waals surface area contributed by atoms with E-state index in [1.807, 2.05) is 30.3 Å². The number of carbonyl (C=O) groups excluding carboxylic acids is 1. The van der Waals surface area contributed by atoms with Crippen molar-refractivity contribution < 1.29 is 9.53 Å². The minimum absolute atomic E-state index is 0.0930. The van der Waals surface area contributed by atoms with Gasteiger partial charge in [0.15, 0.2) is 0 Å². The Balaban J connectivity index is 1.58. The Kier molecular flexibility index (Phi) is 6.09. The number of fused-ring (bicyclic) bond motifs is 1. The van der Waals surface area contributed by atoms with Crippen molar-refractivity contribution in [3.63, 3.8) is 0 Å². The van der Waals surface area contributed by atoms with Gasteiger partial charge in [-0.2, -0.15) is 5.10 Å². The van der Waals surface area contributed by atoms with Crippen LogP contribution in [0.25, 0.3) is 10.8 Å². The summed E-state index contributed by atoms with van der Waals surface area (Å²) in [7, 11) is 1.54. The molecule has 0 saturated carbocycles. The number of para-hydroxylation sites is 1. The van der Waals surface area contributed by atoms with Crippen molar-refractivity contribution in [2.24, 2.45) is 0 Å². The summed E-state index contributed by atoms with van der Waals surface area (Å²) in [6, 6.07) is 14.5. The first-order valence-corrected chi connectivity index (χ1v) is 10.3. The molecule has 0 atom stereocenters. The molecule has 7 nitrogen and oxygen atoms in total. The Morgan fingerprint density at radius 2 is 1.73 bits per heavy atom. The Bertz CT molecular complexity index is 1100. The molecule has 0 bridgehead atoms. The quantitative estimate of drug-likeness (QED) is 0.652. The van der Waals surface area contributed by atoms with Crippen LogP contribution in [0.15, 0.2) is 53.3 Å². The average Bonchev–Trinajstić information content (AvgIpc) is 3.31. The summed E-state index contributed by atoms with van der Waals surface area (Å²) >= 11 is 0. The number of hydrogen-bond donors (Lipinski definition) is 1. The molecule has 4 rings (SSSR count). The molecule has 1 aliphatic rings. The van der Waals surface area contributed by atoms with Gasteiger partial charge in [-0.3, -0.25) is 9.59 Å². The fourth-order valence-corrected chi connectivity index (χ4v) is 3.92. The highest BCUT2D eigenvalue weighted by Gasteiger charge is 2.16. The van der Waals surface area contributed by atoms with Crippen molar-refractivity contribution in [1.82, 2.24) is 20.0 Å². The molecule has 2 aromatic carbocycles. The number of aromatic nitrogens is 2. The van der Waals surface area contributed by atoms with Crippen molar-refractivity contribution in [1.29, 1.82) is 0 Å². The summed E-state index contributed by atoms with van der Waals surface area (Å²) in [4.78, 5) is 28.0. The van der Waals surface area contributed by atoms with E-state index in [0.29, 0.717) is 28.9 Å². The lowest BCUT2D eigenvalue weighted by Gasteiger charge is -2.16. The highest BCUT2D eigenvalue weighted by atomic mass is 16.5. The molecule has 30 heavy (non-hydrogen) atoms. The molecule has 3 aromatic rings. The second-order valence-corrected chi connectivity index (χ2v) is 7.45. The molecule has 156 valence electrons. The first-order chi connectivity index (χ1) is 14.7. The third-order valence-electron chi connectivity index (χ3n) is 5.54. The van der Waals surface area contributed by atoms with Gasteiger partial charge < -0.3 is 15.0 Å². The van der Waals surface area contributed by atoms with Gasteiger partial charge in [0.2, 0.25) is 0 Å². The van der Waals surface area contributed by atoms with Crippen molar-refractivity contribution in [2.75, 3.05) is 26.7 Å². The molecule has 1 aromatic heterocycles. The lowest BCUT2D eigenvalue weighted by atomic mass is 10.1. The summed E-state index contributed by atoms with van der Waals surface area (Å²) < 4.78 is 6.81. The number of benzene rings is 2. The monoisotopic (exact) mass is 406 g/mol. The van der Waals surface area contributed by atoms with Crippen LogP contribution < -0.4 is 15.6 Å². The Morgan fingerprint density at radius 3 is 2.50 bits per heavy atom. The van der Waals surface area contributed by atoms with Gasteiger partial charge in [0.05, 0.1) is 36.8 Å². The van der Waals surface area contributed by atoms with Crippen LogP contribution in [0, 0.1) is 0 Å². The molecule has 1 amide bonds. The van der Waals surface area contributed by atoms with Gasteiger partial charge >= 0.3 is 0 Å². The lowest BCUT2D eigenvalue weighted by molar-refractivity contribution is 0.0947.